The quantitative estimate of drug-likeness (QED) is 0.685. The Kier molecular flexibility index (Phi) is 6.01. The fourth-order valence-electron chi connectivity index (χ4n) is 2.19. The highest BCUT2D eigenvalue weighted by Crippen LogP contribution is 2.26. The zero-order valence-electron chi connectivity index (χ0n) is 11.7. The van der Waals surface area contributed by atoms with Crippen LogP contribution in [0.2, 0.25) is 0 Å². The summed E-state index contributed by atoms with van der Waals surface area (Å²) < 4.78 is 0. The summed E-state index contributed by atoms with van der Waals surface area (Å²) in [5, 5.41) is 6.15. The van der Waals surface area contributed by atoms with Gasteiger partial charge in [-0.1, -0.05) is 20.8 Å². The van der Waals surface area contributed by atoms with Crippen molar-refractivity contribution in [3.63, 3.8) is 0 Å². The summed E-state index contributed by atoms with van der Waals surface area (Å²) in [6.07, 6.45) is 2.63. The monoisotopic (exact) mass is 228 g/mol. The molecule has 0 aliphatic rings. The number of carbonyl (C=O) groups is 1. The van der Waals surface area contributed by atoms with Crippen LogP contribution in [0.4, 0.5) is 0 Å². The summed E-state index contributed by atoms with van der Waals surface area (Å²) in [6, 6.07) is 0. The molecule has 3 heteroatoms. The molecule has 0 heterocycles. The molecule has 0 aromatic heterocycles. The van der Waals surface area contributed by atoms with Gasteiger partial charge in [-0.2, -0.15) is 0 Å². The van der Waals surface area contributed by atoms with E-state index in [1.807, 2.05) is 0 Å². The average Bonchev–Trinajstić information content (AvgIpc) is 2.08. The van der Waals surface area contributed by atoms with Gasteiger partial charge in [-0.15, -0.1) is 0 Å². The zero-order chi connectivity index (χ0) is 12.8. The largest absolute Gasteiger partial charge is 0.359 e. The molecule has 96 valence electrons. The molecule has 0 aromatic carbocycles. The summed E-state index contributed by atoms with van der Waals surface area (Å²) in [7, 11) is 1.68. The predicted octanol–water partition coefficient (Wildman–Crippen LogP) is 2.32. The van der Waals surface area contributed by atoms with Crippen molar-refractivity contribution in [2.75, 3.05) is 13.6 Å². The van der Waals surface area contributed by atoms with Crippen LogP contribution in [0, 0.1) is 5.41 Å². The lowest BCUT2D eigenvalue weighted by Gasteiger charge is -2.33. The Hall–Kier alpha value is -0.570. The third kappa shape index (κ3) is 8.72. The fraction of sp³-hybridized carbons (Fsp3) is 0.923. The van der Waals surface area contributed by atoms with Gasteiger partial charge in [-0.3, -0.25) is 4.79 Å². The van der Waals surface area contributed by atoms with E-state index < -0.39 is 0 Å². The van der Waals surface area contributed by atoms with Crippen LogP contribution in [0.25, 0.3) is 0 Å². The molecule has 0 saturated carbocycles. The fourth-order valence-corrected chi connectivity index (χ4v) is 2.19. The maximum Gasteiger partial charge on any atom is 0.219 e. The Labute approximate surface area is 100 Å². The molecule has 0 saturated heterocycles. The van der Waals surface area contributed by atoms with E-state index in [0.717, 1.165) is 19.4 Å². The molecular weight excluding hydrogens is 200 g/mol. The van der Waals surface area contributed by atoms with Crippen molar-refractivity contribution in [1.29, 1.82) is 0 Å². The minimum atomic E-state index is 0.121. The first-order valence-electron chi connectivity index (χ1n) is 6.12. The molecule has 1 amide bonds. The minimum Gasteiger partial charge on any atom is -0.359 e. The number of amides is 1. The maximum absolute atomic E-state index is 11.0. The molecule has 0 radical (unpaired) electrons. The van der Waals surface area contributed by atoms with Crippen LogP contribution in [0.15, 0.2) is 0 Å². The van der Waals surface area contributed by atoms with Crippen LogP contribution < -0.4 is 10.6 Å². The van der Waals surface area contributed by atoms with E-state index >= 15 is 0 Å². The molecule has 2 N–H and O–H groups in total. The Morgan fingerprint density at radius 2 is 1.69 bits per heavy atom. The highest BCUT2D eigenvalue weighted by atomic mass is 16.1. The zero-order valence-corrected chi connectivity index (χ0v) is 11.7. The second kappa shape index (κ2) is 6.24. The molecule has 0 aromatic rings. The van der Waals surface area contributed by atoms with Gasteiger partial charge in [0.2, 0.25) is 5.91 Å². The molecule has 0 aliphatic heterocycles. The summed E-state index contributed by atoms with van der Waals surface area (Å²) in [4.78, 5) is 11.0. The van der Waals surface area contributed by atoms with Gasteiger partial charge in [0, 0.05) is 19.0 Å². The molecule has 0 bridgehead atoms. The number of rotatable bonds is 6. The van der Waals surface area contributed by atoms with Crippen LogP contribution in [0.1, 0.15) is 53.9 Å². The summed E-state index contributed by atoms with van der Waals surface area (Å²) in [5.74, 6) is 0.121. The van der Waals surface area contributed by atoms with Crippen LogP contribution in [0.5, 0.6) is 0 Å². The molecule has 3 nitrogen and oxygen atoms in total. The van der Waals surface area contributed by atoms with Crippen LogP contribution in [-0.2, 0) is 4.79 Å². The number of hydrogen-bond acceptors (Lipinski definition) is 2. The molecule has 0 fully saturated rings. The summed E-state index contributed by atoms with van der Waals surface area (Å²) >= 11 is 0. The van der Waals surface area contributed by atoms with E-state index in [0.29, 0.717) is 11.8 Å². The molecule has 0 atom stereocenters. The van der Waals surface area contributed by atoms with Crippen molar-refractivity contribution in [3.8, 4) is 0 Å². The Morgan fingerprint density at radius 1 is 1.12 bits per heavy atom. The van der Waals surface area contributed by atoms with Crippen molar-refractivity contribution in [2.24, 2.45) is 5.41 Å². The van der Waals surface area contributed by atoms with Crippen molar-refractivity contribution in [3.05, 3.63) is 0 Å². The SMILES string of the molecule is CNC(=O)CCCNC(C)(C)CC(C)(C)C. The van der Waals surface area contributed by atoms with E-state index in [2.05, 4.69) is 45.3 Å². The second-order valence-corrected chi connectivity index (χ2v) is 6.32. The Morgan fingerprint density at radius 3 is 2.12 bits per heavy atom. The number of carbonyl (C=O) groups excluding carboxylic acids is 1. The van der Waals surface area contributed by atoms with E-state index in [-0.39, 0.29) is 11.4 Å². The molecule has 0 aliphatic carbocycles. The van der Waals surface area contributed by atoms with Crippen LogP contribution >= 0.6 is 0 Å². The topological polar surface area (TPSA) is 41.1 Å². The summed E-state index contributed by atoms with van der Waals surface area (Å²) in [6.45, 7) is 12.1. The lowest BCUT2D eigenvalue weighted by atomic mass is 9.82. The Balaban J connectivity index is 3.78. The normalized spacial score (nSPS) is 12.6. The Bertz CT molecular complexity index is 216. The van der Waals surface area contributed by atoms with Crippen molar-refractivity contribution in [1.82, 2.24) is 10.6 Å². The molecular formula is C13H28N2O. The van der Waals surface area contributed by atoms with Crippen molar-refractivity contribution >= 4 is 5.91 Å². The molecule has 0 unspecified atom stereocenters. The highest BCUT2D eigenvalue weighted by molar-refractivity contribution is 5.75. The average molecular weight is 228 g/mol. The standard InChI is InChI=1S/C13H28N2O/c1-12(2,3)10-13(4,5)15-9-7-8-11(16)14-6/h15H,7-10H2,1-6H3,(H,14,16). The van der Waals surface area contributed by atoms with Gasteiger partial charge in [0.15, 0.2) is 0 Å². The smallest absolute Gasteiger partial charge is 0.219 e. The molecule has 0 rings (SSSR count). The molecule has 16 heavy (non-hydrogen) atoms. The van der Waals surface area contributed by atoms with Crippen molar-refractivity contribution in [2.45, 2.75) is 59.4 Å². The third-order valence-electron chi connectivity index (χ3n) is 2.44. The van der Waals surface area contributed by atoms with Gasteiger partial charge in [0.25, 0.3) is 0 Å². The van der Waals surface area contributed by atoms with Crippen LogP contribution in [-0.4, -0.2) is 25.0 Å². The second-order valence-electron chi connectivity index (χ2n) is 6.32. The predicted molar refractivity (Wildman–Crippen MR) is 69.5 cm³/mol. The first kappa shape index (κ1) is 15.4. The van der Waals surface area contributed by atoms with Gasteiger partial charge < -0.3 is 10.6 Å². The highest BCUT2D eigenvalue weighted by Gasteiger charge is 2.24. The lowest BCUT2D eigenvalue weighted by Crippen LogP contribution is -2.43. The van der Waals surface area contributed by atoms with Gasteiger partial charge in [0.05, 0.1) is 0 Å². The van der Waals surface area contributed by atoms with E-state index in [9.17, 15) is 4.79 Å². The first-order chi connectivity index (χ1) is 7.16. The third-order valence-corrected chi connectivity index (χ3v) is 2.44. The number of nitrogens with one attached hydrogen (secondary N) is 2. The van der Waals surface area contributed by atoms with Crippen molar-refractivity contribution < 1.29 is 4.79 Å². The lowest BCUT2D eigenvalue weighted by molar-refractivity contribution is -0.120. The van der Waals surface area contributed by atoms with Gasteiger partial charge in [-0.25, -0.2) is 0 Å². The van der Waals surface area contributed by atoms with E-state index in [1.165, 1.54) is 0 Å². The summed E-state index contributed by atoms with van der Waals surface area (Å²) in [5.41, 5.74) is 0.470. The van der Waals surface area contributed by atoms with E-state index in [1.54, 1.807) is 7.05 Å². The number of hydrogen-bond donors (Lipinski definition) is 2. The first-order valence-corrected chi connectivity index (χ1v) is 6.12. The molecule has 0 spiro atoms. The minimum absolute atomic E-state index is 0.121. The maximum atomic E-state index is 11.0. The van der Waals surface area contributed by atoms with Gasteiger partial charge >= 0.3 is 0 Å². The van der Waals surface area contributed by atoms with E-state index in [4.69, 9.17) is 0 Å². The van der Waals surface area contributed by atoms with Gasteiger partial charge in [-0.05, 0) is 38.6 Å². The van der Waals surface area contributed by atoms with Crippen LogP contribution in [0.3, 0.4) is 0 Å². The van der Waals surface area contributed by atoms with Gasteiger partial charge in [0.1, 0.15) is 0 Å².